The molecule has 0 unspecified atom stereocenters. The molecule has 0 fully saturated rings. The second-order valence-corrected chi connectivity index (χ2v) is 5.29. The van der Waals surface area contributed by atoms with E-state index in [1.807, 2.05) is 6.07 Å². The summed E-state index contributed by atoms with van der Waals surface area (Å²) >= 11 is 3.28. The maximum atomic E-state index is 11.9. The number of nitriles is 1. The number of amides is 1. The summed E-state index contributed by atoms with van der Waals surface area (Å²) in [6, 6.07) is 11.8. The third-order valence-electron chi connectivity index (χ3n) is 2.80. The van der Waals surface area contributed by atoms with Crippen molar-refractivity contribution < 1.29 is 4.79 Å². The molecule has 0 radical (unpaired) electrons. The van der Waals surface area contributed by atoms with Gasteiger partial charge in [-0.25, -0.2) is 0 Å². The summed E-state index contributed by atoms with van der Waals surface area (Å²) in [7, 11) is 0. The van der Waals surface area contributed by atoms with E-state index in [-0.39, 0.29) is 17.9 Å². The van der Waals surface area contributed by atoms with Gasteiger partial charge in [-0.2, -0.15) is 5.26 Å². The molecule has 0 aliphatic heterocycles. The van der Waals surface area contributed by atoms with Crippen LogP contribution in [0.5, 0.6) is 0 Å². The van der Waals surface area contributed by atoms with Crippen LogP contribution in [0.25, 0.3) is 0 Å². The Hall–Kier alpha value is -2.39. The number of halogens is 1. The van der Waals surface area contributed by atoms with Crippen LogP contribution in [0.3, 0.4) is 0 Å². The Balaban J connectivity index is 1.97. The van der Waals surface area contributed by atoms with Crippen molar-refractivity contribution in [1.29, 1.82) is 5.26 Å². The van der Waals surface area contributed by atoms with Crippen molar-refractivity contribution in [2.75, 3.05) is 5.32 Å². The molecule has 106 valence electrons. The molecule has 2 aromatic rings. The van der Waals surface area contributed by atoms with Crippen LogP contribution in [-0.2, 0) is 11.3 Å². The van der Waals surface area contributed by atoms with Crippen molar-refractivity contribution >= 4 is 27.5 Å². The number of hydrogen-bond donors (Lipinski definition) is 1. The minimum atomic E-state index is -0.211. The molecule has 6 heteroatoms. The molecular formula is C15H12BrN3O2. The Bertz CT molecular complexity index is 762. The average Bonchev–Trinajstić information content (AvgIpc) is 2.48. The van der Waals surface area contributed by atoms with Crippen molar-refractivity contribution in [3.63, 3.8) is 0 Å². The van der Waals surface area contributed by atoms with Gasteiger partial charge in [0.2, 0.25) is 5.91 Å². The van der Waals surface area contributed by atoms with Gasteiger partial charge in [-0.1, -0.05) is 6.07 Å². The van der Waals surface area contributed by atoms with Crippen molar-refractivity contribution in [1.82, 2.24) is 4.57 Å². The molecule has 1 N–H and O–H groups in total. The smallest absolute Gasteiger partial charge is 0.250 e. The van der Waals surface area contributed by atoms with Gasteiger partial charge in [-0.3, -0.25) is 9.59 Å². The number of benzene rings is 1. The summed E-state index contributed by atoms with van der Waals surface area (Å²) in [5, 5.41) is 11.5. The standard InChI is InChI=1S/C15H12BrN3O2/c16-12-4-5-15(21)19(10-12)7-6-14(20)18-13-3-1-2-11(8-13)9-17/h1-5,8,10H,6-7H2,(H,18,20). The number of carbonyl (C=O) groups excluding carboxylic acids is 1. The highest BCUT2D eigenvalue weighted by atomic mass is 79.9. The molecule has 0 saturated heterocycles. The van der Waals surface area contributed by atoms with Gasteiger partial charge in [0.25, 0.3) is 5.56 Å². The molecule has 1 aromatic heterocycles. The predicted octanol–water partition coefficient (Wildman–Crippen LogP) is 2.51. The van der Waals surface area contributed by atoms with Crippen molar-refractivity contribution in [2.24, 2.45) is 0 Å². The first-order valence-corrected chi connectivity index (χ1v) is 7.04. The first kappa shape index (κ1) is 15.0. The first-order valence-electron chi connectivity index (χ1n) is 6.24. The van der Waals surface area contributed by atoms with Crippen molar-refractivity contribution in [3.05, 3.63) is 63.0 Å². The van der Waals surface area contributed by atoms with Gasteiger partial charge in [-0.05, 0) is 40.2 Å². The van der Waals surface area contributed by atoms with E-state index in [1.54, 1.807) is 36.5 Å². The molecule has 1 amide bonds. The number of aromatic nitrogens is 1. The molecule has 1 heterocycles. The number of rotatable bonds is 4. The number of anilines is 1. The Labute approximate surface area is 130 Å². The Morgan fingerprint density at radius 3 is 2.90 bits per heavy atom. The minimum absolute atomic E-state index is 0.155. The lowest BCUT2D eigenvalue weighted by Crippen LogP contribution is -2.22. The Kier molecular flexibility index (Phi) is 4.90. The molecular weight excluding hydrogens is 334 g/mol. The lowest BCUT2D eigenvalue weighted by molar-refractivity contribution is -0.116. The van der Waals surface area contributed by atoms with E-state index >= 15 is 0 Å². The zero-order chi connectivity index (χ0) is 15.2. The quantitative estimate of drug-likeness (QED) is 0.924. The van der Waals surface area contributed by atoms with E-state index in [9.17, 15) is 9.59 Å². The summed E-state index contributed by atoms with van der Waals surface area (Å²) in [4.78, 5) is 23.5. The van der Waals surface area contributed by atoms with Crippen LogP contribution in [-0.4, -0.2) is 10.5 Å². The number of pyridine rings is 1. The van der Waals surface area contributed by atoms with Gasteiger partial charge in [0.15, 0.2) is 0 Å². The number of carbonyl (C=O) groups is 1. The third kappa shape index (κ3) is 4.29. The van der Waals surface area contributed by atoms with Crippen LogP contribution in [0.15, 0.2) is 51.9 Å². The topological polar surface area (TPSA) is 74.9 Å². The molecule has 5 nitrogen and oxygen atoms in total. The van der Waals surface area contributed by atoms with Gasteiger partial charge in [0, 0.05) is 35.4 Å². The fourth-order valence-electron chi connectivity index (χ4n) is 1.79. The van der Waals surface area contributed by atoms with E-state index in [1.165, 1.54) is 10.6 Å². The molecule has 2 rings (SSSR count). The van der Waals surface area contributed by atoms with E-state index in [4.69, 9.17) is 5.26 Å². The van der Waals surface area contributed by atoms with Gasteiger partial charge in [-0.15, -0.1) is 0 Å². The van der Waals surface area contributed by atoms with Gasteiger partial charge in [0.05, 0.1) is 11.6 Å². The maximum absolute atomic E-state index is 11.9. The molecule has 1 aromatic carbocycles. The second kappa shape index (κ2) is 6.86. The monoisotopic (exact) mass is 345 g/mol. The average molecular weight is 346 g/mol. The summed E-state index contributed by atoms with van der Waals surface area (Å²) in [5.41, 5.74) is 0.897. The number of nitrogens with one attached hydrogen (secondary N) is 1. The lowest BCUT2D eigenvalue weighted by Gasteiger charge is -2.07. The van der Waals surface area contributed by atoms with Crippen LogP contribution in [0, 0.1) is 11.3 Å². The highest BCUT2D eigenvalue weighted by molar-refractivity contribution is 9.10. The van der Waals surface area contributed by atoms with Crippen LogP contribution >= 0.6 is 15.9 Å². The molecule has 0 aliphatic rings. The maximum Gasteiger partial charge on any atom is 0.250 e. The summed E-state index contributed by atoms with van der Waals surface area (Å²) in [6.45, 7) is 0.294. The van der Waals surface area contributed by atoms with Crippen LogP contribution in [0.1, 0.15) is 12.0 Å². The molecule has 21 heavy (non-hydrogen) atoms. The second-order valence-electron chi connectivity index (χ2n) is 4.37. The van der Waals surface area contributed by atoms with Crippen LogP contribution < -0.4 is 10.9 Å². The minimum Gasteiger partial charge on any atom is -0.326 e. The van der Waals surface area contributed by atoms with Crippen LogP contribution in [0.2, 0.25) is 0 Å². The largest absolute Gasteiger partial charge is 0.326 e. The normalized spacial score (nSPS) is 9.90. The van der Waals surface area contributed by atoms with Gasteiger partial charge in [0.1, 0.15) is 0 Å². The number of nitrogens with zero attached hydrogens (tertiary/aromatic N) is 2. The molecule has 0 atom stereocenters. The van der Waals surface area contributed by atoms with E-state index in [0.717, 1.165) is 4.47 Å². The number of aryl methyl sites for hydroxylation is 1. The SMILES string of the molecule is N#Cc1cccc(NC(=O)CCn2cc(Br)ccc2=O)c1. The molecule has 0 bridgehead atoms. The van der Waals surface area contributed by atoms with E-state index < -0.39 is 0 Å². The fraction of sp³-hybridized carbons (Fsp3) is 0.133. The molecule has 0 saturated carbocycles. The lowest BCUT2D eigenvalue weighted by atomic mass is 10.2. The summed E-state index contributed by atoms with van der Waals surface area (Å²) < 4.78 is 2.25. The number of hydrogen-bond acceptors (Lipinski definition) is 3. The van der Waals surface area contributed by atoms with Crippen LogP contribution in [0.4, 0.5) is 5.69 Å². The predicted molar refractivity (Wildman–Crippen MR) is 82.8 cm³/mol. The first-order chi connectivity index (χ1) is 10.1. The van der Waals surface area contributed by atoms with Crippen molar-refractivity contribution in [3.8, 4) is 6.07 Å². The fourth-order valence-corrected chi connectivity index (χ4v) is 2.17. The molecule has 0 spiro atoms. The molecule has 0 aliphatic carbocycles. The Morgan fingerprint density at radius 1 is 1.33 bits per heavy atom. The highest BCUT2D eigenvalue weighted by Crippen LogP contribution is 2.10. The zero-order valence-corrected chi connectivity index (χ0v) is 12.6. The highest BCUT2D eigenvalue weighted by Gasteiger charge is 2.05. The van der Waals surface area contributed by atoms with E-state index in [0.29, 0.717) is 17.8 Å². The third-order valence-corrected chi connectivity index (χ3v) is 3.27. The summed E-state index contributed by atoms with van der Waals surface area (Å²) in [6.07, 6.45) is 1.82. The van der Waals surface area contributed by atoms with Gasteiger partial charge >= 0.3 is 0 Å². The van der Waals surface area contributed by atoms with E-state index in [2.05, 4.69) is 21.2 Å². The summed E-state index contributed by atoms with van der Waals surface area (Å²) in [5.74, 6) is -0.211. The zero-order valence-electron chi connectivity index (χ0n) is 11.0. The Morgan fingerprint density at radius 2 is 2.14 bits per heavy atom. The van der Waals surface area contributed by atoms with Crippen molar-refractivity contribution in [2.45, 2.75) is 13.0 Å². The van der Waals surface area contributed by atoms with Gasteiger partial charge < -0.3 is 9.88 Å².